The van der Waals surface area contributed by atoms with Crippen LogP contribution in [0.25, 0.3) is 11.0 Å². The Bertz CT molecular complexity index is 645. The van der Waals surface area contributed by atoms with E-state index in [0.717, 1.165) is 31.7 Å². The number of imidazole rings is 1. The standard InChI is InChI=1S/C12H12ClFN2OS/c13-8-3-11-10(4-9(8)14)15-12(18)16(11)5-7-1-2-17-6-7/h3-4,7H,1-2,5-6H2,(H,15,18). The number of aromatic amines is 1. The van der Waals surface area contributed by atoms with Gasteiger partial charge in [0.2, 0.25) is 0 Å². The van der Waals surface area contributed by atoms with Crippen molar-refractivity contribution in [3.8, 4) is 0 Å². The number of aromatic nitrogens is 2. The largest absolute Gasteiger partial charge is 0.381 e. The highest BCUT2D eigenvalue weighted by atomic mass is 35.5. The molecule has 1 aromatic carbocycles. The summed E-state index contributed by atoms with van der Waals surface area (Å²) >= 11 is 11.1. The van der Waals surface area contributed by atoms with Crippen LogP contribution in [-0.4, -0.2) is 22.8 Å². The molecular formula is C12H12ClFN2OS. The Balaban J connectivity index is 2.07. The van der Waals surface area contributed by atoms with Crippen molar-refractivity contribution in [2.45, 2.75) is 13.0 Å². The van der Waals surface area contributed by atoms with Gasteiger partial charge in [-0.15, -0.1) is 0 Å². The first kappa shape index (κ1) is 12.1. The second kappa shape index (κ2) is 4.64. The van der Waals surface area contributed by atoms with Crippen molar-refractivity contribution < 1.29 is 9.13 Å². The summed E-state index contributed by atoms with van der Waals surface area (Å²) in [4.78, 5) is 3.01. The van der Waals surface area contributed by atoms with Crippen molar-refractivity contribution in [2.24, 2.45) is 5.92 Å². The Morgan fingerprint density at radius 1 is 1.56 bits per heavy atom. The van der Waals surface area contributed by atoms with Crippen LogP contribution >= 0.6 is 23.8 Å². The van der Waals surface area contributed by atoms with Gasteiger partial charge in [-0.25, -0.2) is 4.39 Å². The molecule has 1 fully saturated rings. The van der Waals surface area contributed by atoms with Gasteiger partial charge in [0.25, 0.3) is 0 Å². The topological polar surface area (TPSA) is 29.9 Å². The minimum absolute atomic E-state index is 0.118. The van der Waals surface area contributed by atoms with E-state index < -0.39 is 5.82 Å². The lowest BCUT2D eigenvalue weighted by Crippen LogP contribution is -2.10. The number of halogens is 2. The summed E-state index contributed by atoms with van der Waals surface area (Å²) in [6, 6.07) is 3.00. The molecule has 96 valence electrons. The Hall–Kier alpha value is -0.910. The van der Waals surface area contributed by atoms with Gasteiger partial charge in [0.1, 0.15) is 5.82 Å². The third-order valence-electron chi connectivity index (χ3n) is 3.28. The van der Waals surface area contributed by atoms with Gasteiger partial charge in [0, 0.05) is 25.1 Å². The monoisotopic (exact) mass is 286 g/mol. The van der Waals surface area contributed by atoms with Crippen LogP contribution in [0.4, 0.5) is 4.39 Å². The van der Waals surface area contributed by atoms with Gasteiger partial charge in [-0.1, -0.05) is 11.6 Å². The van der Waals surface area contributed by atoms with Crippen molar-refractivity contribution >= 4 is 34.9 Å². The van der Waals surface area contributed by atoms with Gasteiger partial charge in [-0.2, -0.15) is 0 Å². The van der Waals surface area contributed by atoms with Gasteiger partial charge < -0.3 is 14.3 Å². The van der Waals surface area contributed by atoms with Gasteiger partial charge >= 0.3 is 0 Å². The maximum absolute atomic E-state index is 13.4. The smallest absolute Gasteiger partial charge is 0.178 e. The zero-order chi connectivity index (χ0) is 12.7. The molecule has 3 nitrogen and oxygen atoms in total. The molecule has 1 atom stereocenters. The normalized spacial score (nSPS) is 19.8. The maximum Gasteiger partial charge on any atom is 0.178 e. The molecule has 1 N–H and O–H groups in total. The fourth-order valence-electron chi connectivity index (χ4n) is 2.32. The number of rotatable bonds is 2. The molecule has 18 heavy (non-hydrogen) atoms. The predicted octanol–water partition coefficient (Wildman–Crippen LogP) is 3.53. The van der Waals surface area contributed by atoms with Crippen LogP contribution in [0.2, 0.25) is 5.02 Å². The first-order chi connectivity index (χ1) is 8.65. The molecule has 6 heteroatoms. The van der Waals surface area contributed by atoms with E-state index in [-0.39, 0.29) is 5.02 Å². The van der Waals surface area contributed by atoms with Crippen molar-refractivity contribution in [1.29, 1.82) is 0 Å². The van der Waals surface area contributed by atoms with Crippen LogP contribution in [0.15, 0.2) is 12.1 Å². The highest BCUT2D eigenvalue weighted by Gasteiger charge is 2.18. The lowest BCUT2D eigenvalue weighted by atomic mass is 10.1. The van der Waals surface area contributed by atoms with E-state index in [1.54, 1.807) is 6.07 Å². The van der Waals surface area contributed by atoms with E-state index in [9.17, 15) is 4.39 Å². The maximum atomic E-state index is 13.4. The van der Waals surface area contributed by atoms with Crippen molar-refractivity contribution in [3.05, 3.63) is 27.7 Å². The van der Waals surface area contributed by atoms with E-state index in [2.05, 4.69) is 4.98 Å². The zero-order valence-electron chi connectivity index (χ0n) is 9.58. The number of nitrogens with zero attached hydrogens (tertiary/aromatic N) is 1. The quantitative estimate of drug-likeness (QED) is 0.856. The number of benzene rings is 1. The van der Waals surface area contributed by atoms with Gasteiger partial charge in [0.15, 0.2) is 4.77 Å². The number of fused-ring (bicyclic) bond motifs is 1. The highest BCUT2D eigenvalue weighted by Crippen LogP contribution is 2.24. The zero-order valence-corrected chi connectivity index (χ0v) is 11.2. The molecule has 0 saturated carbocycles. The van der Waals surface area contributed by atoms with Gasteiger partial charge in [-0.3, -0.25) is 0 Å². The molecule has 1 aliphatic heterocycles. The second-order valence-corrected chi connectivity index (χ2v) is 5.35. The fourth-order valence-corrected chi connectivity index (χ4v) is 2.76. The number of hydrogen-bond donors (Lipinski definition) is 1. The van der Waals surface area contributed by atoms with E-state index in [1.807, 2.05) is 4.57 Å². The lowest BCUT2D eigenvalue weighted by Gasteiger charge is -2.09. The minimum atomic E-state index is -0.434. The number of H-pyrrole nitrogens is 1. The molecule has 0 radical (unpaired) electrons. The van der Waals surface area contributed by atoms with E-state index >= 15 is 0 Å². The summed E-state index contributed by atoms with van der Waals surface area (Å²) in [5.74, 6) is 0.0243. The molecule has 1 aromatic heterocycles. The molecule has 0 bridgehead atoms. The Labute approximate surface area is 114 Å². The van der Waals surface area contributed by atoms with Crippen LogP contribution in [-0.2, 0) is 11.3 Å². The third kappa shape index (κ3) is 2.06. The molecule has 3 rings (SSSR count). The summed E-state index contributed by atoms with van der Waals surface area (Å²) < 4.78 is 21.3. The molecule has 2 aromatic rings. The van der Waals surface area contributed by atoms with Gasteiger partial charge in [0.05, 0.1) is 22.7 Å². The van der Waals surface area contributed by atoms with Crippen LogP contribution in [0.5, 0.6) is 0 Å². The van der Waals surface area contributed by atoms with Crippen LogP contribution in [0.1, 0.15) is 6.42 Å². The van der Waals surface area contributed by atoms with Crippen molar-refractivity contribution in [1.82, 2.24) is 9.55 Å². The third-order valence-corrected chi connectivity index (χ3v) is 3.89. The van der Waals surface area contributed by atoms with Crippen LogP contribution < -0.4 is 0 Å². The molecule has 0 aliphatic carbocycles. The molecule has 1 saturated heterocycles. The summed E-state index contributed by atoms with van der Waals surface area (Å²) in [5.41, 5.74) is 1.53. The second-order valence-electron chi connectivity index (χ2n) is 4.55. The highest BCUT2D eigenvalue weighted by molar-refractivity contribution is 7.71. The number of nitrogens with one attached hydrogen (secondary N) is 1. The average Bonchev–Trinajstić information content (AvgIpc) is 2.92. The molecule has 1 unspecified atom stereocenters. The molecule has 0 amide bonds. The molecular weight excluding hydrogens is 275 g/mol. The van der Waals surface area contributed by atoms with Crippen LogP contribution in [0, 0.1) is 16.5 Å². The number of ether oxygens (including phenoxy) is 1. The number of hydrogen-bond acceptors (Lipinski definition) is 2. The van der Waals surface area contributed by atoms with Crippen molar-refractivity contribution in [2.75, 3.05) is 13.2 Å². The van der Waals surface area contributed by atoms with E-state index in [4.69, 9.17) is 28.6 Å². The Morgan fingerprint density at radius 3 is 3.11 bits per heavy atom. The summed E-state index contributed by atoms with van der Waals surface area (Å²) in [7, 11) is 0. The van der Waals surface area contributed by atoms with Crippen molar-refractivity contribution in [3.63, 3.8) is 0 Å². The molecule has 1 aliphatic rings. The molecule has 2 heterocycles. The lowest BCUT2D eigenvalue weighted by molar-refractivity contribution is 0.182. The predicted molar refractivity (Wildman–Crippen MR) is 71.0 cm³/mol. The van der Waals surface area contributed by atoms with E-state index in [0.29, 0.717) is 16.2 Å². The first-order valence-electron chi connectivity index (χ1n) is 5.80. The average molecular weight is 287 g/mol. The van der Waals surface area contributed by atoms with Crippen LogP contribution in [0.3, 0.4) is 0 Å². The first-order valence-corrected chi connectivity index (χ1v) is 6.59. The van der Waals surface area contributed by atoms with Gasteiger partial charge in [-0.05, 0) is 24.7 Å². The fraction of sp³-hybridized carbons (Fsp3) is 0.417. The summed E-state index contributed by atoms with van der Waals surface area (Å²) in [6.45, 7) is 2.33. The minimum Gasteiger partial charge on any atom is -0.381 e. The summed E-state index contributed by atoms with van der Waals surface area (Å²) in [6.07, 6.45) is 1.03. The SMILES string of the molecule is Fc1cc2[nH]c(=S)n(CC3CCOC3)c2cc1Cl. The molecule has 0 spiro atoms. The van der Waals surface area contributed by atoms with E-state index in [1.165, 1.54) is 6.07 Å². The Morgan fingerprint density at radius 2 is 2.39 bits per heavy atom. The Kier molecular flexibility index (Phi) is 3.13. The summed E-state index contributed by atoms with van der Waals surface area (Å²) in [5, 5.41) is 0.118.